The number of anilines is 1. The highest BCUT2D eigenvalue weighted by molar-refractivity contribution is 7.16. The van der Waals surface area contributed by atoms with Gasteiger partial charge in [0.05, 0.1) is 0 Å². The first kappa shape index (κ1) is 8.63. The molecule has 0 radical (unpaired) electrons. The minimum absolute atomic E-state index is 0.0662. The molecule has 0 amide bonds. The Morgan fingerprint density at radius 2 is 2.08 bits per heavy atom. The Hall–Kier alpha value is -0.960. The van der Waals surface area contributed by atoms with E-state index in [2.05, 4.69) is 36.8 Å². The zero-order valence-corrected chi connectivity index (χ0v) is 8.98. The Balaban J connectivity index is 2.78. The molecule has 2 aromatic rings. The van der Waals surface area contributed by atoms with Crippen LogP contribution in [0.15, 0.2) is 17.5 Å². The average Bonchev–Trinajstić information content (AvgIpc) is 2.41. The lowest BCUT2D eigenvalue weighted by atomic mass is 10.1. The summed E-state index contributed by atoms with van der Waals surface area (Å²) in [4.78, 5) is 1.27. The molecule has 3 heteroatoms. The highest BCUT2D eigenvalue weighted by Gasteiger charge is 2.18. The Kier molecular flexibility index (Phi) is 1.67. The van der Waals surface area contributed by atoms with Gasteiger partial charge in [0.2, 0.25) is 0 Å². The number of hydrogen-bond acceptors (Lipinski definition) is 2. The van der Waals surface area contributed by atoms with E-state index in [1.807, 2.05) is 6.07 Å². The van der Waals surface area contributed by atoms with E-state index in [9.17, 15) is 0 Å². The molecule has 0 fully saturated rings. The van der Waals surface area contributed by atoms with Gasteiger partial charge in [0, 0.05) is 10.9 Å². The van der Waals surface area contributed by atoms with Crippen LogP contribution >= 0.6 is 11.3 Å². The highest BCUT2D eigenvalue weighted by atomic mass is 32.1. The van der Waals surface area contributed by atoms with Crippen LogP contribution in [0.5, 0.6) is 0 Å². The first-order chi connectivity index (χ1) is 6.00. The van der Waals surface area contributed by atoms with Gasteiger partial charge in [0.1, 0.15) is 10.6 Å². The molecule has 2 aromatic heterocycles. The molecule has 2 rings (SSSR count). The summed E-state index contributed by atoms with van der Waals surface area (Å²) in [6.07, 6.45) is 0. The number of thiophene rings is 1. The quantitative estimate of drug-likeness (QED) is 0.686. The van der Waals surface area contributed by atoms with Crippen molar-refractivity contribution in [3.8, 4) is 0 Å². The lowest BCUT2D eigenvalue weighted by molar-refractivity contribution is 0.418. The Morgan fingerprint density at radius 3 is 2.69 bits per heavy atom. The maximum absolute atomic E-state index is 5.95. The smallest absolute Gasteiger partial charge is 0.105 e. The van der Waals surface area contributed by atoms with Crippen LogP contribution in [-0.2, 0) is 5.54 Å². The fourth-order valence-corrected chi connectivity index (χ4v) is 2.73. The van der Waals surface area contributed by atoms with Gasteiger partial charge in [-0.25, -0.2) is 0 Å². The summed E-state index contributed by atoms with van der Waals surface area (Å²) in [5, 5.41) is 3.35. The van der Waals surface area contributed by atoms with Crippen LogP contribution in [0.3, 0.4) is 0 Å². The molecular weight excluding hydrogens is 180 g/mol. The van der Waals surface area contributed by atoms with Crippen molar-refractivity contribution in [1.82, 2.24) is 4.57 Å². The second-order valence-corrected chi connectivity index (χ2v) is 5.15. The molecule has 0 atom stereocenters. The largest absolute Gasteiger partial charge is 0.385 e. The average molecular weight is 194 g/mol. The van der Waals surface area contributed by atoms with Gasteiger partial charge in [0.15, 0.2) is 0 Å². The Bertz CT molecular complexity index is 431. The first-order valence-corrected chi connectivity index (χ1v) is 5.23. The minimum Gasteiger partial charge on any atom is -0.385 e. The third-order valence-electron chi connectivity index (χ3n) is 2.11. The molecule has 13 heavy (non-hydrogen) atoms. The van der Waals surface area contributed by atoms with Gasteiger partial charge in [-0.3, -0.25) is 0 Å². The van der Waals surface area contributed by atoms with Gasteiger partial charge in [-0.2, -0.15) is 0 Å². The summed E-state index contributed by atoms with van der Waals surface area (Å²) < 4.78 is 2.19. The van der Waals surface area contributed by atoms with Gasteiger partial charge < -0.3 is 10.3 Å². The number of nitrogen functional groups attached to an aromatic ring is 1. The molecule has 0 saturated heterocycles. The molecule has 70 valence electrons. The van der Waals surface area contributed by atoms with E-state index in [1.54, 1.807) is 11.3 Å². The van der Waals surface area contributed by atoms with Gasteiger partial charge in [-0.05, 0) is 38.3 Å². The zero-order valence-electron chi connectivity index (χ0n) is 8.16. The maximum Gasteiger partial charge on any atom is 0.105 e. The van der Waals surface area contributed by atoms with Crippen LogP contribution in [0.4, 0.5) is 5.82 Å². The number of nitrogens with two attached hydrogens (primary N) is 1. The van der Waals surface area contributed by atoms with Crippen molar-refractivity contribution in [3.63, 3.8) is 0 Å². The predicted molar refractivity (Wildman–Crippen MR) is 59.2 cm³/mol. The monoisotopic (exact) mass is 194 g/mol. The van der Waals surface area contributed by atoms with Crippen molar-refractivity contribution in [3.05, 3.63) is 17.5 Å². The van der Waals surface area contributed by atoms with Crippen LogP contribution in [0.1, 0.15) is 20.8 Å². The maximum atomic E-state index is 5.95. The molecule has 2 heterocycles. The standard InChI is InChI=1S/C10H14N2S/c1-10(2,3)12-8(11)6-7-4-5-13-9(7)12/h4-6H,11H2,1-3H3. The fraction of sp³-hybridized carbons (Fsp3) is 0.400. The highest BCUT2D eigenvalue weighted by Crippen LogP contribution is 2.32. The number of hydrogen-bond donors (Lipinski definition) is 1. The Morgan fingerprint density at radius 1 is 1.38 bits per heavy atom. The van der Waals surface area contributed by atoms with Crippen molar-refractivity contribution < 1.29 is 0 Å². The van der Waals surface area contributed by atoms with Crippen LogP contribution in [0.2, 0.25) is 0 Å². The molecule has 0 aliphatic carbocycles. The van der Waals surface area contributed by atoms with Crippen molar-refractivity contribution in [2.24, 2.45) is 0 Å². The third-order valence-corrected chi connectivity index (χ3v) is 3.02. The molecule has 0 aliphatic heterocycles. The van der Waals surface area contributed by atoms with Crippen molar-refractivity contribution in [2.75, 3.05) is 5.73 Å². The first-order valence-electron chi connectivity index (χ1n) is 4.35. The summed E-state index contributed by atoms with van der Waals surface area (Å²) >= 11 is 1.74. The molecular formula is C10H14N2S. The van der Waals surface area contributed by atoms with Crippen LogP contribution in [0.25, 0.3) is 10.2 Å². The molecule has 0 spiro atoms. The van der Waals surface area contributed by atoms with Gasteiger partial charge in [0.25, 0.3) is 0 Å². The van der Waals surface area contributed by atoms with Crippen molar-refractivity contribution in [2.45, 2.75) is 26.3 Å². The number of nitrogens with zero attached hydrogens (tertiary/aromatic N) is 1. The number of aromatic nitrogens is 1. The Labute approximate surface area is 82.0 Å². The second kappa shape index (κ2) is 2.51. The number of fused-ring (bicyclic) bond motifs is 1. The normalized spacial score (nSPS) is 12.5. The number of rotatable bonds is 0. The lowest BCUT2D eigenvalue weighted by Gasteiger charge is -2.23. The van der Waals surface area contributed by atoms with E-state index in [0.29, 0.717) is 0 Å². The molecule has 2 N–H and O–H groups in total. The van der Waals surface area contributed by atoms with Crippen LogP contribution in [-0.4, -0.2) is 4.57 Å². The summed E-state index contributed by atoms with van der Waals surface area (Å²) in [6.45, 7) is 6.51. The van der Waals surface area contributed by atoms with Gasteiger partial charge in [-0.15, -0.1) is 11.3 Å². The SMILES string of the molecule is CC(C)(C)n1c(N)cc2ccsc21. The van der Waals surface area contributed by atoms with E-state index >= 15 is 0 Å². The molecule has 0 unspecified atom stereocenters. The summed E-state index contributed by atoms with van der Waals surface area (Å²) in [7, 11) is 0. The van der Waals surface area contributed by atoms with E-state index in [0.717, 1.165) is 5.82 Å². The molecule has 0 saturated carbocycles. The predicted octanol–water partition coefficient (Wildman–Crippen LogP) is 3.04. The summed E-state index contributed by atoms with van der Waals surface area (Å²) in [5.74, 6) is 0.856. The van der Waals surface area contributed by atoms with E-state index < -0.39 is 0 Å². The molecule has 0 aromatic carbocycles. The fourth-order valence-electron chi connectivity index (χ4n) is 1.64. The van der Waals surface area contributed by atoms with Gasteiger partial charge >= 0.3 is 0 Å². The van der Waals surface area contributed by atoms with Crippen molar-refractivity contribution >= 4 is 27.4 Å². The molecule has 2 nitrogen and oxygen atoms in total. The minimum atomic E-state index is 0.0662. The second-order valence-electron chi connectivity index (χ2n) is 4.26. The topological polar surface area (TPSA) is 30.9 Å². The lowest BCUT2D eigenvalue weighted by Crippen LogP contribution is -2.22. The third kappa shape index (κ3) is 1.23. The summed E-state index contributed by atoms with van der Waals surface area (Å²) in [6, 6.07) is 4.15. The zero-order chi connectivity index (χ0) is 9.64. The van der Waals surface area contributed by atoms with E-state index in [1.165, 1.54) is 10.2 Å². The van der Waals surface area contributed by atoms with Crippen molar-refractivity contribution in [1.29, 1.82) is 0 Å². The summed E-state index contributed by atoms with van der Waals surface area (Å²) in [5.41, 5.74) is 6.02. The van der Waals surface area contributed by atoms with Gasteiger partial charge in [-0.1, -0.05) is 0 Å². The van der Waals surface area contributed by atoms with E-state index in [-0.39, 0.29) is 5.54 Å². The molecule has 0 bridgehead atoms. The van der Waals surface area contributed by atoms with Crippen LogP contribution in [0, 0.1) is 0 Å². The van der Waals surface area contributed by atoms with E-state index in [4.69, 9.17) is 5.73 Å². The van der Waals surface area contributed by atoms with Crippen LogP contribution < -0.4 is 5.73 Å². The molecule has 0 aliphatic rings.